The minimum Gasteiger partial charge on any atom is -0.490 e. The number of hydrogen-bond acceptors (Lipinski definition) is 5. The number of carbonyl (C=O) groups is 1. The van der Waals surface area contributed by atoms with Gasteiger partial charge in [-0.1, -0.05) is 18.2 Å². The Balaban J connectivity index is 1.98. The van der Waals surface area contributed by atoms with Crippen LogP contribution >= 0.6 is 0 Å². The Morgan fingerprint density at radius 3 is 2.52 bits per heavy atom. The SMILES string of the molecule is CCOc1ccc(NC(=O)CN(C)Cc2ccccc2C#N)cc1OCC. The van der Waals surface area contributed by atoms with Crippen LogP contribution in [0.1, 0.15) is 25.0 Å². The van der Waals surface area contributed by atoms with Crippen LogP contribution in [0, 0.1) is 11.3 Å². The topological polar surface area (TPSA) is 74.6 Å². The average molecular weight is 367 g/mol. The molecule has 6 nitrogen and oxygen atoms in total. The Morgan fingerprint density at radius 2 is 1.81 bits per heavy atom. The van der Waals surface area contributed by atoms with Gasteiger partial charge < -0.3 is 14.8 Å². The fourth-order valence-electron chi connectivity index (χ4n) is 2.69. The summed E-state index contributed by atoms with van der Waals surface area (Å²) in [6.45, 7) is 5.58. The molecule has 0 aliphatic heterocycles. The van der Waals surface area contributed by atoms with Gasteiger partial charge in [0.15, 0.2) is 11.5 Å². The summed E-state index contributed by atoms with van der Waals surface area (Å²) in [7, 11) is 1.84. The van der Waals surface area contributed by atoms with Gasteiger partial charge in [0.2, 0.25) is 5.91 Å². The highest BCUT2D eigenvalue weighted by molar-refractivity contribution is 5.92. The van der Waals surface area contributed by atoms with Gasteiger partial charge in [0.05, 0.1) is 31.4 Å². The molecule has 2 rings (SSSR count). The van der Waals surface area contributed by atoms with Crippen molar-refractivity contribution in [2.24, 2.45) is 0 Å². The van der Waals surface area contributed by atoms with Crippen molar-refractivity contribution in [2.45, 2.75) is 20.4 Å². The first kappa shape index (κ1) is 20.3. The number of likely N-dealkylation sites (N-methyl/N-ethyl adjacent to an activating group) is 1. The van der Waals surface area contributed by atoms with Crippen LogP contribution < -0.4 is 14.8 Å². The molecule has 6 heteroatoms. The number of nitrogens with zero attached hydrogens (tertiary/aromatic N) is 2. The zero-order valence-corrected chi connectivity index (χ0v) is 16.0. The lowest BCUT2D eigenvalue weighted by molar-refractivity contribution is -0.117. The van der Waals surface area contributed by atoms with E-state index in [2.05, 4.69) is 11.4 Å². The molecule has 0 fully saturated rings. The van der Waals surface area contributed by atoms with E-state index in [-0.39, 0.29) is 12.5 Å². The Hall–Kier alpha value is -3.04. The van der Waals surface area contributed by atoms with Crippen molar-refractivity contribution >= 4 is 11.6 Å². The maximum Gasteiger partial charge on any atom is 0.238 e. The van der Waals surface area contributed by atoms with Gasteiger partial charge in [-0.15, -0.1) is 0 Å². The maximum absolute atomic E-state index is 12.4. The number of amides is 1. The first-order valence-electron chi connectivity index (χ1n) is 8.93. The van der Waals surface area contributed by atoms with Crippen LogP contribution in [0.4, 0.5) is 5.69 Å². The molecule has 0 aromatic heterocycles. The average Bonchev–Trinajstić information content (AvgIpc) is 2.64. The fourth-order valence-corrected chi connectivity index (χ4v) is 2.69. The second-order valence-corrected chi connectivity index (χ2v) is 6.02. The van der Waals surface area contributed by atoms with E-state index in [0.717, 1.165) is 5.56 Å². The van der Waals surface area contributed by atoms with Crippen LogP contribution in [-0.2, 0) is 11.3 Å². The Kier molecular flexibility index (Phi) is 7.65. The molecule has 0 heterocycles. The first-order chi connectivity index (χ1) is 13.1. The maximum atomic E-state index is 12.4. The number of rotatable bonds is 9. The monoisotopic (exact) mass is 367 g/mol. The van der Waals surface area contributed by atoms with Gasteiger partial charge in [0, 0.05) is 18.3 Å². The largest absolute Gasteiger partial charge is 0.490 e. The number of benzene rings is 2. The highest BCUT2D eigenvalue weighted by Gasteiger charge is 2.12. The molecule has 2 aromatic carbocycles. The van der Waals surface area contributed by atoms with Crippen molar-refractivity contribution in [3.05, 3.63) is 53.6 Å². The zero-order chi connectivity index (χ0) is 19.6. The second kappa shape index (κ2) is 10.2. The predicted molar refractivity (Wildman–Crippen MR) is 105 cm³/mol. The molecule has 1 N–H and O–H groups in total. The van der Waals surface area contributed by atoms with E-state index >= 15 is 0 Å². The number of ether oxygens (including phenoxy) is 2. The molecule has 0 spiro atoms. The van der Waals surface area contributed by atoms with Gasteiger partial charge >= 0.3 is 0 Å². The van der Waals surface area contributed by atoms with Crippen LogP contribution in [0.25, 0.3) is 0 Å². The lowest BCUT2D eigenvalue weighted by Gasteiger charge is -2.17. The molecule has 0 atom stereocenters. The molecule has 0 bridgehead atoms. The summed E-state index contributed by atoms with van der Waals surface area (Å²) in [4.78, 5) is 14.2. The van der Waals surface area contributed by atoms with Gasteiger partial charge in [-0.3, -0.25) is 9.69 Å². The number of nitriles is 1. The molecule has 0 saturated heterocycles. The summed E-state index contributed by atoms with van der Waals surface area (Å²) < 4.78 is 11.1. The number of anilines is 1. The van der Waals surface area contributed by atoms with Gasteiger partial charge in [0.25, 0.3) is 0 Å². The minimum atomic E-state index is -0.140. The van der Waals surface area contributed by atoms with Crippen LogP contribution in [0.2, 0.25) is 0 Å². The van der Waals surface area contributed by atoms with E-state index in [1.54, 1.807) is 24.3 Å². The van der Waals surface area contributed by atoms with Gasteiger partial charge in [-0.05, 0) is 44.7 Å². The summed E-state index contributed by atoms with van der Waals surface area (Å²) in [5.74, 6) is 1.12. The van der Waals surface area contributed by atoms with E-state index in [4.69, 9.17) is 14.7 Å². The third kappa shape index (κ3) is 6.01. The molecule has 0 aliphatic carbocycles. The van der Waals surface area contributed by atoms with E-state index in [1.165, 1.54) is 0 Å². The van der Waals surface area contributed by atoms with Crippen molar-refractivity contribution < 1.29 is 14.3 Å². The molecule has 1 amide bonds. The molecule has 142 valence electrons. The van der Waals surface area contributed by atoms with Crippen molar-refractivity contribution in [3.8, 4) is 17.6 Å². The summed E-state index contributed by atoms with van der Waals surface area (Å²) in [6, 6.07) is 14.9. The van der Waals surface area contributed by atoms with Crippen LogP contribution in [0.5, 0.6) is 11.5 Å². The Morgan fingerprint density at radius 1 is 1.11 bits per heavy atom. The van der Waals surface area contributed by atoms with Crippen molar-refractivity contribution in [2.75, 3.05) is 32.1 Å². The molecule has 2 aromatic rings. The lowest BCUT2D eigenvalue weighted by atomic mass is 10.1. The first-order valence-corrected chi connectivity index (χ1v) is 8.93. The van der Waals surface area contributed by atoms with Crippen molar-refractivity contribution in [3.63, 3.8) is 0 Å². The Labute approximate surface area is 160 Å². The van der Waals surface area contributed by atoms with Crippen LogP contribution in [-0.4, -0.2) is 37.6 Å². The number of nitrogens with one attached hydrogen (secondary N) is 1. The van der Waals surface area contributed by atoms with Crippen molar-refractivity contribution in [1.82, 2.24) is 4.90 Å². The summed E-state index contributed by atoms with van der Waals surface area (Å²) in [5.41, 5.74) is 2.17. The van der Waals surface area contributed by atoms with Crippen LogP contribution in [0.15, 0.2) is 42.5 Å². The summed E-state index contributed by atoms with van der Waals surface area (Å²) >= 11 is 0. The highest BCUT2D eigenvalue weighted by atomic mass is 16.5. The van der Waals surface area contributed by atoms with Gasteiger partial charge in [-0.25, -0.2) is 0 Å². The van der Waals surface area contributed by atoms with E-state index in [9.17, 15) is 4.79 Å². The number of hydrogen-bond donors (Lipinski definition) is 1. The third-order valence-corrected chi connectivity index (χ3v) is 3.82. The second-order valence-electron chi connectivity index (χ2n) is 6.02. The molecule has 27 heavy (non-hydrogen) atoms. The molecule has 0 unspecified atom stereocenters. The predicted octanol–water partition coefficient (Wildman–Crippen LogP) is 3.43. The minimum absolute atomic E-state index is 0.140. The fraction of sp³-hybridized carbons (Fsp3) is 0.333. The molecule has 0 saturated carbocycles. The van der Waals surface area contributed by atoms with E-state index in [1.807, 2.05) is 44.0 Å². The Bertz CT molecular complexity index is 815. The third-order valence-electron chi connectivity index (χ3n) is 3.82. The quantitative estimate of drug-likeness (QED) is 0.735. The zero-order valence-electron chi connectivity index (χ0n) is 16.0. The number of carbonyl (C=O) groups excluding carboxylic acids is 1. The van der Waals surface area contributed by atoms with Crippen LogP contribution in [0.3, 0.4) is 0 Å². The molecule has 0 aliphatic rings. The van der Waals surface area contributed by atoms with Gasteiger partial charge in [0.1, 0.15) is 0 Å². The summed E-state index contributed by atoms with van der Waals surface area (Å²) in [5, 5.41) is 12.0. The highest BCUT2D eigenvalue weighted by Crippen LogP contribution is 2.30. The van der Waals surface area contributed by atoms with E-state index < -0.39 is 0 Å². The molecular weight excluding hydrogens is 342 g/mol. The lowest BCUT2D eigenvalue weighted by Crippen LogP contribution is -2.30. The van der Waals surface area contributed by atoms with E-state index in [0.29, 0.717) is 42.5 Å². The smallest absolute Gasteiger partial charge is 0.238 e. The van der Waals surface area contributed by atoms with Crippen molar-refractivity contribution in [1.29, 1.82) is 5.26 Å². The standard InChI is InChI=1S/C21H25N3O3/c1-4-26-19-11-10-18(12-20(19)27-5-2)23-21(25)15-24(3)14-17-9-7-6-8-16(17)13-22/h6-12H,4-5,14-15H2,1-3H3,(H,23,25). The normalized spacial score (nSPS) is 10.3. The summed E-state index contributed by atoms with van der Waals surface area (Å²) in [6.07, 6.45) is 0. The molecule has 0 radical (unpaired) electrons. The molecular formula is C21H25N3O3. The van der Waals surface area contributed by atoms with Gasteiger partial charge in [-0.2, -0.15) is 5.26 Å².